The van der Waals surface area contributed by atoms with Gasteiger partial charge in [0.25, 0.3) is 0 Å². The standard InChI is InChI=1S/C23H47N.HI/c1-3-4-5-6-7-8-9-10-11-12-13-14-15-16-17-18-22(2)23-19-20-24-21-23;/h22-24H,3-21H2,1-2H3;1H. The van der Waals surface area contributed by atoms with Gasteiger partial charge in [-0.05, 0) is 31.3 Å². The number of nitrogens with one attached hydrogen (secondary N) is 1. The first-order chi connectivity index (χ1) is 11.8. The highest BCUT2D eigenvalue weighted by molar-refractivity contribution is 14.0. The quantitative estimate of drug-likeness (QED) is 0.169. The molecule has 0 amide bonds. The minimum Gasteiger partial charge on any atom is -0.316 e. The average Bonchev–Trinajstić information content (AvgIpc) is 3.13. The van der Waals surface area contributed by atoms with Crippen molar-refractivity contribution in [3.8, 4) is 0 Å². The third kappa shape index (κ3) is 15.4. The van der Waals surface area contributed by atoms with Crippen LogP contribution in [0, 0.1) is 11.8 Å². The molecule has 25 heavy (non-hydrogen) atoms. The lowest BCUT2D eigenvalue weighted by Crippen LogP contribution is -2.15. The highest BCUT2D eigenvalue weighted by Gasteiger charge is 2.20. The lowest BCUT2D eigenvalue weighted by Gasteiger charge is -2.17. The van der Waals surface area contributed by atoms with Gasteiger partial charge in [0.1, 0.15) is 0 Å². The van der Waals surface area contributed by atoms with Gasteiger partial charge in [-0.3, -0.25) is 0 Å². The Kier molecular flexibility index (Phi) is 20.0. The fourth-order valence-electron chi connectivity index (χ4n) is 4.24. The Morgan fingerprint density at radius 1 is 0.720 bits per heavy atom. The van der Waals surface area contributed by atoms with Crippen molar-refractivity contribution in [2.24, 2.45) is 11.8 Å². The van der Waals surface area contributed by atoms with Crippen molar-refractivity contribution >= 4 is 24.0 Å². The summed E-state index contributed by atoms with van der Waals surface area (Å²) in [6, 6.07) is 0. The summed E-state index contributed by atoms with van der Waals surface area (Å²) in [5.41, 5.74) is 0. The predicted molar refractivity (Wildman–Crippen MR) is 125 cm³/mol. The van der Waals surface area contributed by atoms with E-state index in [0.717, 1.165) is 11.8 Å². The molecule has 2 atom stereocenters. The second-order valence-electron chi connectivity index (χ2n) is 8.47. The summed E-state index contributed by atoms with van der Waals surface area (Å²) in [6.07, 6.45) is 24.9. The average molecular weight is 466 g/mol. The zero-order valence-corrected chi connectivity index (χ0v) is 19.8. The van der Waals surface area contributed by atoms with Crippen molar-refractivity contribution in [2.75, 3.05) is 13.1 Å². The first-order valence-corrected chi connectivity index (χ1v) is 11.5. The smallest absolute Gasteiger partial charge is 0.00175 e. The van der Waals surface area contributed by atoms with Gasteiger partial charge in [-0.15, -0.1) is 24.0 Å². The molecule has 0 aliphatic carbocycles. The van der Waals surface area contributed by atoms with Gasteiger partial charge in [0, 0.05) is 0 Å². The van der Waals surface area contributed by atoms with E-state index >= 15 is 0 Å². The van der Waals surface area contributed by atoms with Crippen LogP contribution < -0.4 is 5.32 Å². The molecule has 0 spiro atoms. The van der Waals surface area contributed by atoms with Gasteiger partial charge in [-0.2, -0.15) is 0 Å². The zero-order valence-electron chi connectivity index (χ0n) is 17.5. The zero-order chi connectivity index (χ0) is 17.3. The van der Waals surface area contributed by atoms with E-state index in [1.165, 1.54) is 122 Å². The van der Waals surface area contributed by atoms with Crippen molar-refractivity contribution in [3.05, 3.63) is 0 Å². The van der Waals surface area contributed by atoms with Gasteiger partial charge < -0.3 is 5.32 Å². The second kappa shape index (κ2) is 19.5. The summed E-state index contributed by atoms with van der Waals surface area (Å²) in [4.78, 5) is 0. The number of unbranched alkanes of at least 4 members (excludes halogenated alkanes) is 14. The van der Waals surface area contributed by atoms with Crippen LogP contribution in [0.15, 0.2) is 0 Å². The molecule has 0 bridgehead atoms. The molecule has 2 heteroatoms. The largest absolute Gasteiger partial charge is 0.316 e. The van der Waals surface area contributed by atoms with E-state index in [9.17, 15) is 0 Å². The van der Waals surface area contributed by atoms with Crippen molar-refractivity contribution in [3.63, 3.8) is 0 Å². The van der Waals surface area contributed by atoms with Gasteiger partial charge in [0.2, 0.25) is 0 Å². The molecule has 1 heterocycles. The first kappa shape index (κ1) is 25.7. The maximum absolute atomic E-state index is 3.51. The minimum absolute atomic E-state index is 0. The van der Waals surface area contributed by atoms with Gasteiger partial charge in [-0.25, -0.2) is 0 Å². The van der Waals surface area contributed by atoms with Crippen LogP contribution in [-0.2, 0) is 0 Å². The molecular formula is C23H48IN. The predicted octanol–water partition coefficient (Wildman–Crippen LogP) is 8.11. The van der Waals surface area contributed by atoms with Gasteiger partial charge >= 0.3 is 0 Å². The molecule has 0 saturated carbocycles. The van der Waals surface area contributed by atoms with E-state index in [0.29, 0.717) is 0 Å². The van der Waals surface area contributed by atoms with Gasteiger partial charge in [0.05, 0.1) is 0 Å². The second-order valence-corrected chi connectivity index (χ2v) is 8.47. The van der Waals surface area contributed by atoms with Gasteiger partial charge in [0.15, 0.2) is 0 Å². The molecule has 0 radical (unpaired) electrons. The van der Waals surface area contributed by atoms with Crippen LogP contribution in [0.5, 0.6) is 0 Å². The molecule has 0 aromatic carbocycles. The van der Waals surface area contributed by atoms with Crippen LogP contribution in [-0.4, -0.2) is 13.1 Å². The fourth-order valence-corrected chi connectivity index (χ4v) is 4.24. The van der Waals surface area contributed by atoms with Gasteiger partial charge in [-0.1, -0.05) is 117 Å². The molecule has 1 aliphatic heterocycles. The van der Waals surface area contributed by atoms with Crippen LogP contribution in [0.4, 0.5) is 0 Å². The van der Waals surface area contributed by atoms with Crippen molar-refractivity contribution < 1.29 is 0 Å². The molecule has 152 valence electrons. The maximum atomic E-state index is 3.51. The van der Waals surface area contributed by atoms with Crippen molar-refractivity contribution in [1.82, 2.24) is 5.32 Å². The molecule has 0 aromatic rings. The number of hydrogen-bond donors (Lipinski definition) is 1. The maximum Gasteiger partial charge on any atom is -0.00175 e. The Hall–Kier alpha value is 0.690. The molecule has 1 saturated heterocycles. The lowest BCUT2D eigenvalue weighted by molar-refractivity contribution is 0.349. The molecule has 0 aromatic heterocycles. The molecule has 1 aliphatic rings. The summed E-state index contributed by atoms with van der Waals surface area (Å²) in [6.45, 7) is 7.31. The van der Waals surface area contributed by atoms with Crippen LogP contribution in [0.25, 0.3) is 0 Å². The molecular weight excluding hydrogens is 417 g/mol. The Bertz CT molecular complexity index is 250. The SMILES string of the molecule is CCCCCCCCCCCCCCCCCC(C)C1CCNC1.I. The van der Waals surface area contributed by atoms with E-state index in [-0.39, 0.29) is 24.0 Å². The summed E-state index contributed by atoms with van der Waals surface area (Å²) in [5, 5.41) is 3.51. The fraction of sp³-hybridized carbons (Fsp3) is 1.00. The third-order valence-corrected chi connectivity index (χ3v) is 6.17. The van der Waals surface area contributed by atoms with E-state index in [4.69, 9.17) is 0 Å². The summed E-state index contributed by atoms with van der Waals surface area (Å²) >= 11 is 0. The Labute approximate surface area is 176 Å². The van der Waals surface area contributed by atoms with Crippen LogP contribution in [0.2, 0.25) is 0 Å². The van der Waals surface area contributed by atoms with E-state index in [1.54, 1.807) is 0 Å². The molecule has 1 nitrogen and oxygen atoms in total. The van der Waals surface area contributed by atoms with E-state index < -0.39 is 0 Å². The Morgan fingerprint density at radius 3 is 1.56 bits per heavy atom. The van der Waals surface area contributed by atoms with Crippen molar-refractivity contribution in [2.45, 2.75) is 123 Å². The summed E-state index contributed by atoms with van der Waals surface area (Å²) in [7, 11) is 0. The molecule has 2 unspecified atom stereocenters. The number of halogens is 1. The first-order valence-electron chi connectivity index (χ1n) is 11.5. The Balaban J connectivity index is 0.00000576. The minimum atomic E-state index is 0. The number of hydrogen-bond acceptors (Lipinski definition) is 1. The topological polar surface area (TPSA) is 12.0 Å². The highest BCUT2D eigenvalue weighted by atomic mass is 127. The molecule has 1 N–H and O–H groups in total. The summed E-state index contributed by atoms with van der Waals surface area (Å²) in [5.74, 6) is 1.92. The van der Waals surface area contributed by atoms with Crippen LogP contribution in [0.3, 0.4) is 0 Å². The molecule has 1 rings (SSSR count). The van der Waals surface area contributed by atoms with E-state index in [2.05, 4.69) is 19.2 Å². The van der Waals surface area contributed by atoms with Crippen LogP contribution in [0.1, 0.15) is 123 Å². The summed E-state index contributed by atoms with van der Waals surface area (Å²) < 4.78 is 0. The van der Waals surface area contributed by atoms with Crippen molar-refractivity contribution in [1.29, 1.82) is 0 Å². The normalized spacial score (nSPS) is 18.2. The highest BCUT2D eigenvalue weighted by Crippen LogP contribution is 2.24. The lowest BCUT2D eigenvalue weighted by atomic mass is 9.88. The Morgan fingerprint density at radius 2 is 1.16 bits per heavy atom. The monoisotopic (exact) mass is 465 g/mol. The number of rotatable bonds is 17. The third-order valence-electron chi connectivity index (χ3n) is 6.17. The van der Waals surface area contributed by atoms with E-state index in [1.807, 2.05) is 0 Å². The molecule has 1 fully saturated rings. The van der Waals surface area contributed by atoms with Crippen LogP contribution >= 0.6 is 24.0 Å².